The van der Waals surface area contributed by atoms with Crippen LogP contribution in [0.25, 0.3) is 0 Å². The Bertz CT molecular complexity index is 590. The molecule has 2 aromatic rings. The van der Waals surface area contributed by atoms with Crippen LogP contribution in [-0.4, -0.2) is 12.1 Å². The Kier molecular flexibility index (Phi) is 6.32. The lowest BCUT2D eigenvalue weighted by Crippen LogP contribution is -3.00. The minimum Gasteiger partial charge on any atom is -1.00 e. The number of halogens is 2. The van der Waals surface area contributed by atoms with E-state index in [4.69, 9.17) is 0 Å². The van der Waals surface area contributed by atoms with E-state index in [0.29, 0.717) is 5.56 Å². The van der Waals surface area contributed by atoms with E-state index in [9.17, 15) is 9.18 Å². The van der Waals surface area contributed by atoms with Gasteiger partial charge in [0.2, 0.25) is 6.54 Å². The van der Waals surface area contributed by atoms with Crippen molar-refractivity contribution in [1.82, 2.24) is 5.43 Å². The molecule has 0 saturated carbocycles. The molecule has 0 aliphatic rings. The van der Waals surface area contributed by atoms with Crippen molar-refractivity contribution in [2.24, 2.45) is 5.10 Å². The minimum absolute atomic E-state index is 0. The summed E-state index contributed by atoms with van der Waals surface area (Å²) in [6.07, 6.45) is 4.97. The van der Waals surface area contributed by atoms with Crippen molar-refractivity contribution >= 4 is 12.1 Å². The van der Waals surface area contributed by atoms with Crippen LogP contribution < -0.4 is 22.4 Å². The monoisotopic (exact) mass is 293 g/mol. The molecule has 0 radical (unpaired) electrons. The smallest absolute Gasteiger partial charge is 0.305 e. The summed E-state index contributed by atoms with van der Waals surface area (Å²) in [7, 11) is 0. The Morgan fingerprint density at radius 2 is 2.00 bits per heavy atom. The third kappa shape index (κ3) is 5.16. The van der Waals surface area contributed by atoms with Crippen LogP contribution in [0.15, 0.2) is 60.0 Å². The number of hydrazone groups is 1. The molecule has 4 nitrogen and oxygen atoms in total. The molecule has 1 heterocycles. The topological polar surface area (TPSA) is 45.3 Å². The number of benzene rings is 1. The van der Waals surface area contributed by atoms with Crippen LogP contribution in [0.5, 0.6) is 0 Å². The Hall–Kier alpha value is -2.27. The Balaban J connectivity index is 0.00000200. The Labute approximate surface area is 122 Å². The third-order valence-corrected chi connectivity index (χ3v) is 2.36. The molecule has 0 bridgehead atoms. The number of nitrogens with zero attached hydrogens (tertiary/aromatic N) is 2. The van der Waals surface area contributed by atoms with Crippen molar-refractivity contribution in [2.45, 2.75) is 6.54 Å². The quantitative estimate of drug-likeness (QED) is 0.406. The van der Waals surface area contributed by atoms with E-state index in [-0.39, 0.29) is 30.7 Å². The molecule has 0 aliphatic carbocycles. The van der Waals surface area contributed by atoms with Crippen LogP contribution in [0.1, 0.15) is 5.56 Å². The number of nitrogens with one attached hydrogen (secondary N) is 1. The highest BCUT2D eigenvalue weighted by atomic mass is 35.5. The average molecular weight is 294 g/mol. The fourth-order valence-electron chi connectivity index (χ4n) is 1.51. The number of hydrogen-bond donors (Lipinski definition) is 1. The van der Waals surface area contributed by atoms with E-state index in [1.807, 2.05) is 18.2 Å². The van der Waals surface area contributed by atoms with Gasteiger partial charge in [-0.15, -0.1) is 0 Å². The number of hydrogen-bond acceptors (Lipinski definition) is 2. The normalized spacial score (nSPS) is 10.1. The van der Waals surface area contributed by atoms with Crippen molar-refractivity contribution in [2.75, 3.05) is 0 Å². The number of aromatic nitrogens is 1. The number of carbonyl (C=O) groups excluding carboxylic acids is 1. The zero-order valence-electron chi connectivity index (χ0n) is 10.5. The van der Waals surface area contributed by atoms with Gasteiger partial charge in [0.1, 0.15) is 5.82 Å². The zero-order valence-corrected chi connectivity index (χ0v) is 11.3. The SMILES string of the molecule is O=C(C[n+]1ccccc1)N/N=C/c1cccc(F)c1.[Cl-]. The number of pyridine rings is 1. The van der Waals surface area contributed by atoms with E-state index in [1.165, 1.54) is 18.3 Å². The van der Waals surface area contributed by atoms with Gasteiger partial charge in [-0.05, 0) is 17.7 Å². The molecule has 0 unspecified atom stereocenters. The maximum atomic E-state index is 12.9. The van der Waals surface area contributed by atoms with Gasteiger partial charge in [0, 0.05) is 12.1 Å². The fourth-order valence-corrected chi connectivity index (χ4v) is 1.51. The van der Waals surface area contributed by atoms with Crippen molar-refractivity contribution in [1.29, 1.82) is 0 Å². The summed E-state index contributed by atoms with van der Waals surface area (Å²) >= 11 is 0. The second-order valence-corrected chi connectivity index (χ2v) is 3.90. The molecule has 1 N–H and O–H groups in total. The van der Waals surface area contributed by atoms with E-state index in [2.05, 4.69) is 10.5 Å². The molecule has 104 valence electrons. The molecular weight excluding hydrogens is 281 g/mol. The highest BCUT2D eigenvalue weighted by Crippen LogP contribution is 1.99. The summed E-state index contributed by atoms with van der Waals surface area (Å²) in [6, 6.07) is 11.5. The van der Waals surface area contributed by atoms with Crippen molar-refractivity contribution < 1.29 is 26.2 Å². The van der Waals surface area contributed by atoms with Gasteiger partial charge in [0.25, 0.3) is 0 Å². The summed E-state index contributed by atoms with van der Waals surface area (Å²) in [4.78, 5) is 11.5. The van der Waals surface area contributed by atoms with Gasteiger partial charge in [-0.25, -0.2) is 9.82 Å². The first kappa shape index (κ1) is 15.8. The van der Waals surface area contributed by atoms with Gasteiger partial charge in [-0.2, -0.15) is 9.67 Å². The molecule has 2 rings (SSSR count). The Morgan fingerprint density at radius 3 is 2.70 bits per heavy atom. The molecule has 0 spiro atoms. The van der Waals surface area contributed by atoms with Gasteiger partial charge in [-0.1, -0.05) is 18.2 Å². The van der Waals surface area contributed by atoms with E-state index in [0.717, 1.165) is 0 Å². The van der Waals surface area contributed by atoms with Gasteiger partial charge in [0.05, 0.1) is 6.21 Å². The van der Waals surface area contributed by atoms with Crippen LogP contribution in [-0.2, 0) is 11.3 Å². The second kappa shape index (κ2) is 8.01. The lowest BCUT2D eigenvalue weighted by Gasteiger charge is -1.96. The third-order valence-electron chi connectivity index (χ3n) is 2.36. The molecule has 0 fully saturated rings. The number of amides is 1. The van der Waals surface area contributed by atoms with Crippen LogP contribution in [0.3, 0.4) is 0 Å². The second-order valence-electron chi connectivity index (χ2n) is 3.90. The van der Waals surface area contributed by atoms with E-state index in [1.54, 1.807) is 29.1 Å². The molecule has 0 saturated heterocycles. The Morgan fingerprint density at radius 1 is 1.25 bits per heavy atom. The molecule has 20 heavy (non-hydrogen) atoms. The molecule has 0 atom stereocenters. The van der Waals surface area contributed by atoms with Crippen LogP contribution >= 0.6 is 0 Å². The lowest BCUT2D eigenvalue weighted by molar-refractivity contribution is -0.684. The van der Waals surface area contributed by atoms with Gasteiger partial charge >= 0.3 is 5.91 Å². The summed E-state index contributed by atoms with van der Waals surface area (Å²) in [5.41, 5.74) is 2.98. The highest BCUT2D eigenvalue weighted by molar-refractivity contribution is 5.81. The molecule has 0 aliphatic heterocycles. The molecule has 1 aromatic carbocycles. The lowest BCUT2D eigenvalue weighted by atomic mass is 10.2. The summed E-state index contributed by atoms with van der Waals surface area (Å²) in [5.74, 6) is -0.584. The first-order chi connectivity index (χ1) is 9.24. The zero-order chi connectivity index (χ0) is 13.5. The van der Waals surface area contributed by atoms with E-state index < -0.39 is 0 Å². The first-order valence-corrected chi connectivity index (χ1v) is 5.75. The van der Waals surface area contributed by atoms with Gasteiger partial charge < -0.3 is 12.4 Å². The average Bonchev–Trinajstić information content (AvgIpc) is 2.40. The maximum Gasteiger partial charge on any atom is 0.305 e. The molecular formula is C14H13ClFN3O. The summed E-state index contributed by atoms with van der Waals surface area (Å²) < 4.78 is 14.6. The molecule has 1 aromatic heterocycles. The van der Waals surface area contributed by atoms with Crippen molar-refractivity contribution in [3.8, 4) is 0 Å². The fraction of sp³-hybridized carbons (Fsp3) is 0.0714. The maximum absolute atomic E-state index is 12.9. The van der Waals surface area contributed by atoms with Crippen molar-refractivity contribution in [3.05, 3.63) is 66.2 Å². The standard InChI is InChI=1S/C14H12FN3O.ClH/c15-13-6-4-5-12(9-13)10-16-17-14(19)11-18-7-2-1-3-8-18;/h1-10H,11H2;1H/b16-10+;. The van der Waals surface area contributed by atoms with Crippen LogP contribution in [0.2, 0.25) is 0 Å². The van der Waals surface area contributed by atoms with Crippen LogP contribution in [0, 0.1) is 5.82 Å². The van der Waals surface area contributed by atoms with Gasteiger partial charge in [-0.3, -0.25) is 4.79 Å². The molecule has 6 heteroatoms. The predicted molar refractivity (Wildman–Crippen MR) is 68.8 cm³/mol. The summed E-state index contributed by atoms with van der Waals surface area (Å²) in [5, 5.41) is 3.77. The highest BCUT2D eigenvalue weighted by Gasteiger charge is 2.06. The van der Waals surface area contributed by atoms with Gasteiger partial charge in [0.15, 0.2) is 12.4 Å². The predicted octanol–water partition coefficient (Wildman–Crippen LogP) is -1.73. The number of rotatable bonds is 4. The largest absolute Gasteiger partial charge is 1.00 e. The van der Waals surface area contributed by atoms with Crippen LogP contribution in [0.4, 0.5) is 4.39 Å². The molecule has 1 amide bonds. The minimum atomic E-state index is -0.338. The van der Waals surface area contributed by atoms with E-state index >= 15 is 0 Å². The number of carbonyl (C=O) groups is 1. The first-order valence-electron chi connectivity index (χ1n) is 5.75. The summed E-state index contributed by atoms with van der Waals surface area (Å²) in [6.45, 7) is 0.182. The van der Waals surface area contributed by atoms with Crippen molar-refractivity contribution in [3.63, 3.8) is 0 Å².